The zero-order chi connectivity index (χ0) is 15.5. The number of methoxy groups -OCH3 is 1. The Bertz CT molecular complexity index is 402. The van der Waals surface area contributed by atoms with E-state index in [-0.39, 0.29) is 5.82 Å². The maximum absolute atomic E-state index is 14.1. The van der Waals surface area contributed by atoms with Crippen molar-refractivity contribution in [2.45, 2.75) is 20.4 Å². The molecule has 1 aromatic carbocycles. The van der Waals surface area contributed by atoms with E-state index in [1.165, 1.54) is 6.07 Å². The van der Waals surface area contributed by atoms with Gasteiger partial charge in [0.05, 0.1) is 13.2 Å². The van der Waals surface area contributed by atoms with Gasteiger partial charge in [0.15, 0.2) is 0 Å². The average Bonchev–Trinajstić information content (AvgIpc) is 2.49. The van der Waals surface area contributed by atoms with Gasteiger partial charge >= 0.3 is 0 Å². The van der Waals surface area contributed by atoms with Crippen LogP contribution in [-0.4, -0.2) is 46.6 Å². The minimum absolute atomic E-state index is 0.174. The maximum atomic E-state index is 14.1. The summed E-state index contributed by atoms with van der Waals surface area (Å²) in [6.07, 6.45) is 0. The number of ether oxygens (including phenoxy) is 2. The molecule has 0 aliphatic carbocycles. The SMILES string of the molecule is CCOCCN(CC)c1cccc(F)c1CNCCOC. The largest absolute Gasteiger partial charge is 0.383 e. The van der Waals surface area contributed by atoms with E-state index in [1.54, 1.807) is 13.2 Å². The number of rotatable bonds is 11. The van der Waals surface area contributed by atoms with Crippen molar-refractivity contribution in [3.8, 4) is 0 Å². The molecule has 0 saturated heterocycles. The molecule has 120 valence electrons. The number of nitrogens with one attached hydrogen (secondary N) is 1. The van der Waals surface area contributed by atoms with Crippen molar-refractivity contribution in [1.82, 2.24) is 5.32 Å². The fraction of sp³-hybridized carbons (Fsp3) is 0.625. The number of benzene rings is 1. The second kappa shape index (κ2) is 10.5. The summed E-state index contributed by atoms with van der Waals surface area (Å²) in [6.45, 7) is 8.80. The molecule has 0 aromatic heterocycles. The molecule has 0 bridgehead atoms. The third kappa shape index (κ3) is 5.99. The van der Waals surface area contributed by atoms with Crippen molar-refractivity contribution in [2.75, 3.05) is 51.5 Å². The van der Waals surface area contributed by atoms with E-state index in [2.05, 4.69) is 17.1 Å². The van der Waals surface area contributed by atoms with Crippen LogP contribution in [0.4, 0.5) is 10.1 Å². The minimum atomic E-state index is -0.174. The molecular weight excluding hydrogens is 271 g/mol. The summed E-state index contributed by atoms with van der Waals surface area (Å²) in [7, 11) is 1.66. The molecule has 0 aliphatic rings. The lowest BCUT2D eigenvalue weighted by atomic mass is 10.1. The molecular formula is C16H27FN2O2. The summed E-state index contributed by atoms with van der Waals surface area (Å²) in [5, 5.41) is 3.21. The Morgan fingerprint density at radius 3 is 2.71 bits per heavy atom. The Hall–Kier alpha value is -1.17. The normalized spacial score (nSPS) is 10.9. The monoisotopic (exact) mass is 298 g/mol. The van der Waals surface area contributed by atoms with Gasteiger partial charge in [-0.2, -0.15) is 0 Å². The summed E-state index contributed by atoms with van der Waals surface area (Å²) in [5.74, 6) is -0.174. The molecule has 1 aromatic rings. The van der Waals surface area contributed by atoms with Crippen molar-refractivity contribution >= 4 is 5.69 Å². The highest BCUT2D eigenvalue weighted by molar-refractivity contribution is 5.54. The predicted octanol–water partition coefficient (Wildman–Crippen LogP) is 2.42. The Morgan fingerprint density at radius 1 is 1.24 bits per heavy atom. The van der Waals surface area contributed by atoms with Crippen molar-refractivity contribution < 1.29 is 13.9 Å². The third-order valence-electron chi connectivity index (χ3n) is 3.31. The molecule has 0 spiro atoms. The van der Waals surface area contributed by atoms with Crippen molar-refractivity contribution in [3.05, 3.63) is 29.6 Å². The van der Waals surface area contributed by atoms with Crippen molar-refractivity contribution in [2.24, 2.45) is 0 Å². The number of anilines is 1. The molecule has 0 saturated carbocycles. The van der Waals surface area contributed by atoms with Crippen LogP contribution < -0.4 is 10.2 Å². The molecule has 0 heterocycles. The molecule has 0 amide bonds. The van der Waals surface area contributed by atoms with Crippen LogP contribution in [0.25, 0.3) is 0 Å². The van der Waals surface area contributed by atoms with Gasteiger partial charge in [-0.15, -0.1) is 0 Å². The number of hydrogen-bond acceptors (Lipinski definition) is 4. The summed E-state index contributed by atoms with van der Waals surface area (Å²) >= 11 is 0. The number of halogens is 1. The van der Waals surface area contributed by atoms with Crippen molar-refractivity contribution in [3.63, 3.8) is 0 Å². The molecule has 5 heteroatoms. The van der Waals surface area contributed by atoms with Gasteiger partial charge in [0, 0.05) is 51.1 Å². The van der Waals surface area contributed by atoms with Gasteiger partial charge in [0.25, 0.3) is 0 Å². The van der Waals surface area contributed by atoms with Gasteiger partial charge in [-0.3, -0.25) is 0 Å². The van der Waals surface area contributed by atoms with Crippen LogP contribution in [0, 0.1) is 5.82 Å². The molecule has 21 heavy (non-hydrogen) atoms. The highest BCUT2D eigenvalue weighted by Gasteiger charge is 2.13. The summed E-state index contributed by atoms with van der Waals surface area (Å²) in [6, 6.07) is 5.23. The third-order valence-corrected chi connectivity index (χ3v) is 3.31. The van der Waals surface area contributed by atoms with E-state index in [0.717, 1.165) is 18.8 Å². The topological polar surface area (TPSA) is 33.7 Å². The van der Waals surface area contributed by atoms with Crippen LogP contribution in [-0.2, 0) is 16.0 Å². The molecule has 1 N–H and O–H groups in total. The first kappa shape index (κ1) is 17.9. The Kier molecular flexibility index (Phi) is 8.98. The number of likely N-dealkylation sites (N-methyl/N-ethyl adjacent to an activating group) is 1. The molecule has 0 fully saturated rings. The smallest absolute Gasteiger partial charge is 0.129 e. The minimum Gasteiger partial charge on any atom is -0.383 e. The van der Waals surface area contributed by atoms with E-state index < -0.39 is 0 Å². The fourth-order valence-electron chi connectivity index (χ4n) is 2.17. The van der Waals surface area contributed by atoms with Crippen LogP contribution in [0.3, 0.4) is 0 Å². The molecule has 0 aliphatic heterocycles. The molecule has 4 nitrogen and oxygen atoms in total. The molecule has 0 atom stereocenters. The highest BCUT2D eigenvalue weighted by atomic mass is 19.1. The Morgan fingerprint density at radius 2 is 2.05 bits per heavy atom. The van der Waals surface area contributed by atoms with E-state index >= 15 is 0 Å². The van der Waals surface area contributed by atoms with Gasteiger partial charge in [0.2, 0.25) is 0 Å². The van der Waals surface area contributed by atoms with Gasteiger partial charge in [-0.05, 0) is 26.0 Å². The van der Waals surface area contributed by atoms with Gasteiger partial charge in [-0.1, -0.05) is 6.07 Å². The van der Waals surface area contributed by atoms with Gasteiger partial charge in [-0.25, -0.2) is 4.39 Å². The van der Waals surface area contributed by atoms with Gasteiger partial charge in [0.1, 0.15) is 5.82 Å². The standard InChI is InChI=1S/C16H27FN2O2/c1-4-19(10-12-21-5-2)16-8-6-7-15(17)14(16)13-18-9-11-20-3/h6-8,18H,4-5,9-13H2,1-3H3. The number of hydrogen-bond donors (Lipinski definition) is 1. The van der Waals surface area contributed by atoms with Crippen LogP contribution in [0.5, 0.6) is 0 Å². The van der Waals surface area contributed by atoms with Crippen molar-refractivity contribution in [1.29, 1.82) is 0 Å². The van der Waals surface area contributed by atoms with E-state index in [9.17, 15) is 4.39 Å². The second-order valence-corrected chi connectivity index (χ2v) is 4.68. The lowest BCUT2D eigenvalue weighted by Gasteiger charge is -2.26. The first-order chi connectivity index (χ1) is 10.2. The summed E-state index contributed by atoms with van der Waals surface area (Å²) in [4.78, 5) is 2.14. The Balaban J connectivity index is 2.75. The molecule has 0 radical (unpaired) electrons. The zero-order valence-electron chi connectivity index (χ0n) is 13.3. The van der Waals surface area contributed by atoms with Crippen LogP contribution in [0.2, 0.25) is 0 Å². The second-order valence-electron chi connectivity index (χ2n) is 4.68. The van der Waals surface area contributed by atoms with Crippen LogP contribution >= 0.6 is 0 Å². The quantitative estimate of drug-likeness (QED) is 0.636. The average molecular weight is 298 g/mol. The first-order valence-electron chi connectivity index (χ1n) is 7.54. The number of nitrogens with zero attached hydrogens (tertiary/aromatic N) is 1. The summed E-state index contributed by atoms with van der Waals surface area (Å²) < 4.78 is 24.5. The zero-order valence-corrected chi connectivity index (χ0v) is 13.3. The molecule has 0 unspecified atom stereocenters. The van der Waals surface area contributed by atoms with E-state index in [0.29, 0.717) is 38.5 Å². The van der Waals surface area contributed by atoms with Crippen LogP contribution in [0.15, 0.2) is 18.2 Å². The molecule has 1 rings (SSSR count). The first-order valence-corrected chi connectivity index (χ1v) is 7.54. The van der Waals surface area contributed by atoms with E-state index in [4.69, 9.17) is 9.47 Å². The van der Waals surface area contributed by atoms with Crippen LogP contribution in [0.1, 0.15) is 19.4 Å². The fourth-order valence-corrected chi connectivity index (χ4v) is 2.17. The van der Waals surface area contributed by atoms with Gasteiger partial charge < -0.3 is 19.7 Å². The predicted molar refractivity (Wildman–Crippen MR) is 84.4 cm³/mol. The lowest BCUT2D eigenvalue weighted by molar-refractivity contribution is 0.154. The Labute approximate surface area is 127 Å². The highest BCUT2D eigenvalue weighted by Crippen LogP contribution is 2.23. The lowest BCUT2D eigenvalue weighted by Crippen LogP contribution is -2.29. The maximum Gasteiger partial charge on any atom is 0.129 e. The summed E-state index contributed by atoms with van der Waals surface area (Å²) in [5.41, 5.74) is 1.63. The van der Waals surface area contributed by atoms with E-state index in [1.807, 2.05) is 13.0 Å².